The van der Waals surface area contributed by atoms with Crippen molar-refractivity contribution in [3.8, 4) is 0 Å². The van der Waals surface area contributed by atoms with Crippen LogP contribution >= 0.6 is 12.2 Å². The summed E-state index contributed by atoms with van der Waals surface area (Å²) in [6, 6.07) is 10.8. The summed E-state index contributed by atoms with van der Waals surface area (Å²) in [5.74, 6) is 1.04. The van der Waals surface area contributed by atoms with Gasteiger partial charge in [0.2, 0.25) is 0 Å². The molecule has 1 heterocycles. The fourth-order valence-electron chi connectivity index (χ4n) is 5.59. The van der Waals surface area contributed by atoms with Crippen molar-refractivity contribution < 1.29 is 35.9 Å². The molecular formula is C31H34F6N4O2S. The van der Waals surface area contributed by atoms with Gasteiger partial charge in [0.25, 0.3) is 0 Å². The first kappa shape index (κ1) is 33.3. The first-order valence-electron chi connectivity index (χ1n) is 14.3. The SMILES string of the molecule is CCOC(=O)NC(=S)N(Cc1cc(C(F)(F)F)cc(C(F)(F)F)c1)Cc1cc2ccccc2nc1N(C)C(C)C1CCCC1. The molecule has 1 aliphatic rings. The topological polar surface area (TPSA) is 57.7 Å². The van der Waals surface area contributed by atoms with Crippen LogP contribution in [0, 0.1) is 5.92 Å². The van der Waals surface area contributed by atoms with Gasteiger partial charge in [-0.25, -0.2) is 9.78 Å². The number of halogens is 6. The largest absolute Gasteiger partial charge is 0.450 e. The Bertz CT molecular complexity index is 1460. The minimum atomic E-state index is -5.01. The van der Waals surface area contributed by atoms with E-state index in [-0.39, 0.29) is 35.9 Å². The molecule has 0 spiro atoms. The molecule has 1 fully saturated rings. The summed E-state index contributed by atoms with van der Waals surface area (Å²) in [4.78, 5) is 20.6. The number of fused-ring (bicyclic) bond motifs is 1. The van der Waals surface area contributed by atoms with Gasteiger partial charge in [0.1, 0.15) is 5.82 Å². The highest BCUT2D eigenvalue weighted by atomic mass is 32.1. The van der Waals surface area contributed by atoms with E-state index >= 15 is 0 Å². The first-order chi connectivity index (χ1) is 20.7. The van der Waals surface area contributed by atoms with Crippen molar-refractivity contribution in [3.63, 3.8) is 0 Å². The summed E-state index contributed by atoms with van der Waals surface area (Å²) in [5, 5.41) is 2.95. The third kappa shape index (κ3) is 8.10. The number of alkyl halides is 6. The lowest BCUT2D eigenvalue weighted by molar-refractivity contribution is -0.143. The molecule has 13 heteroatoms. The van der Waals surface area contributed by atoms with Gasteiger partial charge in [0.15, 0.2) is 5.11 Å². The van der Waals surface area contributed by atoms with E-state index in [2.05, 4.69) is 17.1 Å². The number of amides is 1. The Morgan fingerprint density at radius 3 is 2.23 bits per heavy atom. The van der Waals surface area contributed by atoms with Gasteiger partial charge in [-0.3, -0.25) is 5.32 Å². The predicted molar refractivity (Wildman–Crippen MR) is 160 cm³/mol. The normalized spacial score (nSPS) is 14.8. The maximum atomic E-state index is 13.6. The highest BCUT2D eigenvalue weighted by molar-refractivity contribution is 7.80. The van der Waals surface area contributed by atoms with Crippen LogP contribution in [0.3, 0.4) is 0 Å². The summed E-state index contributed by atoms with van der Waals surface area (Å²) >= 11 is 5.46. The van der Waals surface area contributed by atoms with Gasteiger partial charge in [-0.05, 0) is 80.7 Å². The molecule has 4 rings (SSSR count). The maximum Gasteiger partial charge on any atom is 0.416 e. The van der Waals surface area contributed by atoms with Gasteiger partial charge in [0, 0.05) is 37.1 Å². The zero-order valence-electron chi connectivity index (χ0n) is 24.6. The molecule has 1 N–H and O–H groups in total. The predicted octanol–water partition coefficient (Wildman–Crippen LogP) is 8.32. The summed E-state index contributed by atoms with van der Waals surface area (Å²) in [7, 11) is 1.92. The summed E-state index contributed by atoms with van der Waals surface area (Å²) in [6.45, 7) is 3.18. The summed E-state index contributed by atoms with van der Waals surface area (Å²) in [6.07, 6.45) is -6.50. The second-order valence-electron chi connectivity index (χ2n) is 11.0. The molecule has 1 unspecified atom stereocenters. The van der Waals surface area contributed by atoms with Crippen LogP contribution in [0.4, 0.5) is 37.0 Å². The van der Waals surface area contributed by atoms with E-state index in [1.54, 1.807) is 6.92 Å². The Hall–Kier alpha value is -3.61. The standard InChI is InChI=1S/C31H34F6N4O2S/c1-4-43-29(42)39-28(44)41(17-20-13-24(30(32,33)34)16-25(14-20)31(35,36)37)18-23-15-22-11-7-8-12-26(22)38-27(23)40(3)19(2)21-9-5-6-10-21/h7-8,11-16,19,21H,4-6,9-10,17-18H2,1-3H3,(H,39,42,44). The fraction of sp³-hybridized carbons (Fsp3) is 0.452. The van der Waals surface area contributed by atoms with E-state index < -0.39 is 36.1 Å². The Balaban J connectivity index is 1.78. The van der Waals surface area contributed by atoms with Gasteiger partial charge < -0.3 is 14.5 Å². The number of nitrogens with one attached hydrogen (secondary N) is 1. The molecule has 1 saturated carbocycles. The van der Waals surface area contributed by atoms with Crippen molar-refractivity contribution in [2.24, 2.45) is 5.92 Å². The number of pyridine rings is 1. The molecule has 2 aromatic carbocycles. The minimum absolute atomic E-state index is 0.0274. The van der Waals surface area contributed by atoms with Crippen LogP contribution in [0.2, 0.25) is 0 Å². The Kier molecular flexibility index (Phi) is 10.3. The smallest absolute Gasteiger partial charge is 0.416 e. The summed E-state index contributed by atoms with van der Waals surface area (Å²) < 4.78 is 86.7. The number of benzene rings is 2. The number of anilines is 1. The quantitative estimate of drug-likeness (QED) is 0.198. The second kappa shape index (κ2) is 13.6. The number of hydrogen-bond donors (Lipinski definition) is 1. The van der Waals surface area contributed by atoms with Crippen molar-refractivity contribution in [1.29, 1.82) is 0 Å². The number of hydrogen-bond acceptors (Lipinski definition) is 5. The van der Waals surface area contributed by atoms with Crippen molar-refractivity contribution >= 4 is 40.1 Å². The fourth-order valence-corrected chi connectivity index (χ4v) is 5.80. The van der Waals surface area contributed by atoms with Crippen molar-refractivity contribution in [2.45, 2.75) is 71.0 Å². The molecule has 1 atom stereocenters. The van der Waals surface area contributed by atoms with Gasteiger partial charge in [-0.15, -0.1) is 0 Å². The lowest BCUT2D eigenvalue weighted by Crippen LogP contribution is -2.43. The van der Waals surface area contributed by atoms with E-state index in [1.165, 1.54) is 4.90 Å². The van der Waals surface area contributed by atoms with Crippen LogP contribution in [0.5, 0.6) is 0 Å². The van der Waals surface area contributed by atoms with Crippen LogP contribution in [0.15, 0.2) is 48.5 Å². The molecule has 0 radical (unpaired) electrons. The number of rotatable bonds is 8. The molecule has 1 aromatic heterocycles. The second-order valence-corrected chi connectivity index (χ2v) is 11.4. The lowest BCUT2D eigenvalue weighted by Gasteiger charge is -2.34. The van der Waals surface area contributed by atoms with Crippen LogP contribution in [0.1, 0.15) is 61.8 Å². The van der Waals surface area contributed by atoms with Crippen LogP contribution in [-0.4, -0.2) is 40.8 Å². The molecule has 0 bridgehead atoms. The highest BCUT2D eigenvalue weighted by Crippen LogP contribution is 2.37. The Labute approximate surface area is 257 Å². The molecule has 44 heavy (non-hydrogen) atoms. The van der Waals surface area contributed by atoms with Crippen LogP contribution in [-0.2, 0) is 30.2 Å². The van der Waals surface area contributed by atoms with Crippen molar-refractivity contribution in [2.75, 3.05) is 18.6 Å². The number of thiocarbonyl (C=S) groups is 1. The third-order valence-corrected chi connectivity index (χ3v) is 8.32. The van der Waals surface area contributed by atoms with Crippen LogP contribution < -0.4 is 10.2 Å². The number of aromatic nitrogens is 1. The monoisotopic (exact) mass is 640 g/mol. The van der Waals surface area contributed by atoms with Crippen LogP contribution in [0.25, 0.3) is 10.9 Å². The van der Waals surface area contributed by atoms with E-state index in [0.717, 1.165) is 36.6 Å². The minimum Gasteiger partial charge on any atom is -0.450 e. The third-order valence-electron chi connectivity index (χ3n) is 7.96. The van der Waals surface area contributed by atoms with Gasteiger partial charge >= 0.3 is 18.4 Å². The van der Waals surface area contributed by atoms with E-state index in [4.69, 9.17) is 21.9 Å². The molecule has 1 aliphatic carbocycles. The number of ether oxygens (including phenoxy) is 1. The first-order valence-corrected chi connectivity index (χ1v) is 14.7. The van der Waals surface area contributed by atoms with E-state index in [0.29, 0.717) is 29.4 Å². The summed E-state index contributed by atoms with van der Waals surface area (Å²) in [5.41, 5.74) is -1.81. The highest BCUT2D eigenvalue weighted by Gasteiger charge is 2.37. The molecule has 0 aliphatic heterocycles. The maximum absolute atomic E-state index is 13.6. The van der Waals surface area contributed by atoms with E-state index in [9.17, 15) is 31.1 Å². The number of para-hydroxylation sites is 1. The van der Waals surface area contributed by atoms with Gasteiger partial charge in [-0.2, -0.15) is 26.3 Å². The number of carbonyl (C=O) groups excluding carboxylic acids is 1. The van der Waals surface area contributed by atoms with Gasteiger partial charge in [-0.1, -0.05) is 31.0 Å². The molecule has 1 amide bonds. The molecule has 238 valence electrons. The molecule has 6 nitrogen and oxygen atoms in total. The Morgan fingerprint density at radius 2 is 1.64 bits per heavy atom. The molecule has 0 saturated heterocycles. The Morgan fingerprint density at radius 1 is 1.02 bits per heavy atom. The number of alkyl carbamates (subject to hydrolysis) is 1. The lowest BCUT2D eigenvalue weighted by atomic mass is 9.98. The molecule has 3 aromatic rings. The van der Waals surface area contributed by atoms with Crippen molar-refractivity contribution in [3.05, 3.63) is 70.8 Å². The van der Waals surface area contributed by atoms with E-state index in [1.807, 2.05) is 37.4 Å². The number of carbonyl (C=O) groups is 1. The average molecular weight is 641 g/mol. The zero-order valence-corrected chi connectivity index (χ0v) is 25.4. The average Bonchev–Trinajstić information content (AvgIpc) is 3.50. The number of nitrogens with zero attached hydrogens (tertiary/aromatic N) is 3. The zero-order chi connectivity index (χ0) is 32.2. The van der Waals surface area contributed by atoms with Gasteiger partial charge in [0.05, 0.1) is 23.3 Å². The van der Waals surface area contributed by atoms with Crippen molar-refractivity contribution in [1.82, 2.24) is 15.2 Å². The molecular weight excluding hydrogens is 606 g/mol.